The number of aryl methyl sites for hydroxylation is 1. The van der Waals surface area contributed by atoms with E-state index in [1.54, 1.807) is 5.57 Å². The van der Waals surface area contributed by atoms with Crippen LogP contribution in [0.5, 0.6) is 0 Å². The highest BCUT2D eigenvalue weighted by atomic mass is 35.5. The third-order valence-electron chi connectivity index (χ3n) is 9.96. The van der Waals surface area contributed by atoms with E-state index in [1.165, 1.54) is 46.3 Å². The van der Waals surface area contributed by atoms with Gasteiger partial charge in [0.15, 0.2) is 6.20 Å². The second-order valence-corrected chi connectivity index (χ2v) is 13.3. The molecule has 1 aliphatic heterocycles. The van der Waals surface area contributed by atoms with Crippen molar-refractivity contribution in [3.05, 3.63) is 93.5 Å². The van der Waals surface area contributed by atoms with E-state index in [9.17, 15) is 0 Å². The molecule has 0 fully saturated rings. The zero-order valence-electron chi connectivity index (χ0n) is 24.6. The van der Waals surface area contributed by atoms with Gasteiger partial charge >= 0.3 is 0 Å². The Hall–Kier alpha value is -3.68. The topological polar surface area (TPSA) is 90.5 Å². The molecule has 5 aromatic rings. The quantitative estimate of drug-likeness (QED) is 0.110. The molecule has 0 saturated carbocycles. The second-order valence-electron chi connectivity index (χ2n) is 12.9. The van der Waals surface area contributed by atoms with E-state index >= 15 is 0 Å². The Bertz CT molecular complexity index is 1850. The Balaban J connectivity index is 0.824. The summed E-state index contributed by atoms with van der Waals surface area (Å²) >= 11 is 6.24. The summed E-state index contributed by atoms with van der Waals surface area (Å²) < 4.78 is 2.16. The van der Waals surface area contributed by atoms with Crippen LogP contribution in [0.4, 0.5) is 5.69 Å². The molecule has 2 atom stereocenters. The lowest BCUT2D eigenvalue weighted by atomic mass is 9.70. The molecule has 8 heteroatoms. The fourth-order valence-corrected chi connectivity index (χ4v) is 8.09. The van der Waals surface area contributed by atoms with Gasteiger partial charge in [-0.2, -0.15) is 4.68 Å². The van der Waals surface area contributed by atoms with Gasteiger partial charge in [-0.25, -0.2) is 0 Å². The Kier molecular flexibility index (Phi) is 6.95. The number of unbranched alkanes of at least 4 members (excludes halogenated alkanes) is 1. The molecule has 0 spiro atoms. The molecule has 0 saturated heterocycles. The Morgan fingerprint density at radius 2 is 2.00 bits per heavy atom. The molecule has 2 bridgehead atoms. The lowest BCUT2D eigenvalue weighted by molar-refractivity contribution is -0.754. The molecule has 43 heavy (non-hydrogen) atoms. The van der Waals surface area contributed by atoms with Crippen molar-refractivity contribution < 1.29 is 4.68 Å². The highest BCUT2D eigenvalue weighted by molar-refractivity contribution is 6.31. The number of nitrogen functional groups attached to an aromatic ring is 1. The highest BCUT2D eigenvalue weighted by Gasteiger charge is 2.33. The normalized spacial score (nSPS) is 19.9. The first-order chi connectivity index (χ1) is 21.1. The van der Waals surface area contributed by atoms with E-state index in [0.717, 1.165) is 87.0 Å². The van der Waals surface area contributed by atoms with Crippen LogP contribution < -0.4 is 10.4 Å². The number of nitrogens with one attached hydrogen (secondary N) is 2. The summed E-state index contributed by atoms with van der Waals surface area (Å²) in [5, 5.41) is 11.0. The number of allylic oxidation sites excluding steroid dienone is 2. The molecule has 0 amide bonds. The molecule has 220 valence electrons. The first kappa shape index (κ1) is 26.9. The fourth-order valence-electron chi connectivity index (χ4n) is 7.92. The molecule has 2 aromatic carbocycles. The minimum absolute atomic E-state index is 0.480. The van der Waals surface area contributed by atoms with Crippen molar-refractivity contribution in [2.75, 3.05) is 18.8 Å². The SMILES string of the molecule is Nc1c2c(nc3cc(Cl)ccc13)CC1C=C(CCCC[n+]3cc(CCN4CCc5c([nH]c6ccccc56)C4)n[nH]3)CC2C1. The molecule has 3 aliphatic rings. The molecule has 4 heterocycles. The van der Waals surface area contributed by atoms with Crippen molar-refractivity contribution in [2.45, 2.75) is 70.4 Å². The van der Waals surface area contributed by atoms with Gasteiger partial charge in [-0.05, 0) is 86.6 Å². The minimum Gasteiger partial charge on any atom is -0.398 e. The van der Waals surface area contributed by atoms with Crippen molar-refractivity contribution in [3.8, 4) is 0 Å². The number of aromatic amines is 2. The number of anilines is 1. The monoisotopic (exact) mass is 592 g/mol. The number of benzene rings is 2. The molecule has 7 nitrogen and oxygen atoms in total. The van der Waals surface area contributed by atoms with Crippen molar-refractivity contribution in [3.63, 3.8) is 0 Å². The maximum atomic E-state index is 6.74. The van der Waals surface area contributed by atoms with E-state index < -0.39 is 0 Å². The van der Waals surface area contributed by atoms with Crippen LogP contribution in [0.15, 0.2) is 60.3 Å². The van der Waals surface area contributed by atoms with E-state index in [4.69, 9.17) is 22.3 Å². The van der Waals surface area contributed by atoms with Crippen molar-refractivity contribution >= 4 is 39.1 Å². The maximum absolute atomic E-state index is 6.74. The molecular weight excluding hydrogens is 554 g/mol. The Morgan fingerprint density at radius 1 is 1.07 bits per heavy atom. The van der Waals surface area contributed by atoms with Crippen LogP contribution in [-0.2, 0) is 32.4 Å². The van der Waals surface area contributed by atoms with Crippen LogP contribution in [-0.4, -0.2) is 38.3 Å². The van der Waals surface area contributed by atoms with Gasteiger partial charge in [0, 0.05) is 75.1 Å². The third kappa shape index (κ3) is 5.23. The van der Waals surface area contributed by atoms with Crippen molar-refractivity contribution in [1.82, 2.24) is 25.2 Å². The largest absolute Gasteiger partial charge is 0.398 e. The molecule has 3 aromatic heterocycles. The number of rotatable bonds is 8. The second kappa shape index (κ2) is 11.1. The van der Waals surface area contributed by atoms with Gasteiger partial charge in [0.2, 0.25) is 5.69 Å². The summed E-state index contributed by atoms with van der Waals surface area (Å²) in [6.07, 6.45) is 13.6. The van der Waals surface area contributed by atoms with Gasteiger partial charge in [-0.1, -0.05) is 46.7 Å². The Labute approximate surface area is 257 Å². The smallest absolute Gasteiger partial charge is 0.219 e. The number of hydrogen-bond donors (Lipinski definition) is 3. The van der Waals surface area contributed by atoms with E-state index in [0.29, 0.717) is 16.9 Å². The Morgan fingerprint density at radius 3 is 2.95 bits per heavy atom. The summed E-state index contributed by atoms with van der Waals surface area (Å²) in [7, 11) is 0. The van der Waals surface area contributed by atoms with Gasteiger partial charge in [0.25, 0.3) is 0 Å². The van der Waals surface area contributed by atoms with E-state index in [-0.39, 0.29) is 0 Å². The fraction of sp³-hybridized carbons (Fsp3) is 0.400. The lowest BCUT2D eigenvalue weighted by Crippen LogP contribution is -2.35. The average molecular weight is 593 g/mol. The molecule has 2 unspecified atom stereocenters. The van der Waals surface area contributed by atoms with Crippen LogP contribution in [0.3, 0.4) is 0 Å². The maximum Gasteiger partial charge on any atom is 0.219 e. The summed E-state index contributed by atoms with van der Waals surface area (Å²) in [6, 6.07) is 14.6. The predicted molar refractivity (Wildman–Crippen MR) is 172 cm³/mol. The first-order valence-electron chi connectivity index (χ1n) is 15.9. The van der Waals surface area contributed by atoms with Crippen molar-refractivity contribution in [1.29, 1.82) is 0 Å². The number of para-hydroxylation sites is 1. The van der Waals surface area contributed by atoms with Gasteiger partial charge in [-0.15, -0.1) is 0 Å². The number of pyridine rings is 1. The number of nitrogens with zero attached hydrogens (tertiary/aromatic N) is 4. The summed E-state index contributed by atoms with van der Waals surface area (Å²) in [6.45, 7) is 4.11. The summed E-state index contributed by atoms with van der Waals surface area (Å²) in [4.78, 5) is 11.2. The number of H-pyrrole nitrogens is 2. The van der Waals surface area contributed by atoms with Crippen LogP contribution >= 0.6 is 11.6 Å². The number of halogens is 1. The minimum atomic E-state index is 0.480. The molecule has 8 rings (SSSR count). The molecule has 2 aliphatic carbocycles. The van der Waals surface area contributed by atoms with Gasteiger partial charge in [0.1, 0.15) is 6.54 Å². The molecule has 0 radical (unpaired) electrons. The van der Waals surface area contributed by atoms with E-state index in [1.807, 2.05) is 18.2 Å². The summed E-state index contributed by atoms with van der Waals surface area (Å²) in [5.74, 6) is 1.05. The zero-order chi connectivity index (χ0) is 28.9. The molecule has 4 N–H and O–H groups in total. The van der Waals surface area contributed by atoms with Crippen LogP contribution in [0, 0.1) is 5.92 Å². The van der Waals surface area contributed by atoms with Gasteiger partial charge in [0.05, 0.1) is 5.52 Å². The van der Waals surface area contributed by atoms with Gasteiger partial charge < -0.3 is 10.7 Å². The average Bonchev–Trinajstić information content (AvgIpc) is 3.61. The number of fused-ring (bicyclic) bond motifs is 8. The number of aromatic nitrogens is 5. The van der Waals surface area contributed by atoms with Crippen molar-refractivity contribution in [2.24, 2.45) is 5.92 Å². The first-order valence-corrected chi connectivity index (χ1v) is 16.3. The third-order valence-corrected chi connectivity index (χ3v) is 10.2. The predicted octanol–water partition coefficient (Wildman–Crippen LogP) is 6.41. The van der Waals surface area contributed by atoms with Crippen LogP contribution in [0.25, 0.3) is 21.8 Å². The lowest BCUT2D eigenvalue weighted by Gasteiger charge is -2.36. The van der Waals surface area contributed by atoms with E-state index in [2.05, 4.69) is 61.4 Å². The standard InChI is InChI=1S/C35H38ClN7/c36-25-8-9-29-31(19-25)39-32-18-23-15-22(16-24(17-23)34(32)35(29)37)5-3-4-12-43-20-26(40-41-43)10-13-42-14-11-28-27-6-1-2-7-30(27)38-33(28)21-42/h1-2,6-9,15,19-20,23-24,38H,3-5,10-14,16-18,21H2,(H2,37,39)/p+1. The molecular formula is C35H39ClN7+. The highest BCUT2D eigenvalue weighted by Crippen LogP contribution is 2.47. The zero-order valence-corrected chi connectivity index (χ0v) is 25.3. The van der Waals surface area contributed by atoms with Crippen LogP contribution in [0.1, 0.15) is 66.2 Å². The summed E-state index contributed by atoms with van der Waals surface area (Å²) in [5.41, 5.74) is 17.9. The van der Waals surface area contributed by atoms with Crippen LogP contribution in [0.2, 0.25) is 5.02 Å². The number of hydrogen-bond acceptors (Lipinski definition) is 4. The van der Waals surface area contributed by atoms with Gasteiger partial charge in [-0.3, -0.25) is 9.88 Å². The number of nitrogens with two attached hydrogens (primary N) is 1.